The van der Waals surface area contributed by atoms with E-state index in [9.17, 15) is 8.78 Å². The van der Waals surface area contributed by atoms with Gasteiger partial charge in [-0.1, -0.05) is 30.3 Å². The Bertz CT molecular complexity index is 732. The Hall–Kier alpha value is -1.82. The van der Waals surface area contributed by atoms with E-state index in [1.807, 2.05) is 18.2 Å². The Kier molecular flexibility index (Phi) is 7.95. The summed E-state index contributed by atoms with van der Waals surface area (Å²) in [7, 11) is 1.71. The average Bonchev–Trinajstić information content (AvgIpc) is 2.69. The highest BCUT2D eigenvalue weighted by molar-refractivity contribution is 5.17. The summed E-state index contributed by atoms with van der Waals surface area (Å²) in [5.74, 6) is 0.290. The highest BCUT2D eigenvalue weighted by Crippen LogP contribution is 2.22. The van der Waals surface area contributed by atoms with Crippen molar-refractivity contribution in [2.75, 3.05) is 39.9 Å². The fourth-order valence-electron chi connectivity index (χ4n) is 3.91. The molecule has 1 fully saturated rings. The van der Waals surface area contributed by atoms with Gasteiger partial charge >= 0.3 is 0 Å². The molecule has 152 valence electrons. The van der Waals surface area contributed by atoms with Crippen molar-refractivity contribution in [2.45, 2.75) is 25.9 Å². The Labute approximate surface area is 166 Å². The molecule has 5 heteroatoms. The van der Waals surface area contributed by atoms with Gasteiger partial charge in [0.25, 0.3) is 0 Å². The van der Waals surface area contributed by atoms with Crippen molar-refractivity contribution < 1.29 is 13.5 Å². The summed E-state index contributed by atoms with van der Waals surface area (Å²) in [5.41, 5.74) is 1.77. The lowest BCUT2D eigenvalue weighted by Crippen LogP contribution is -2.39. The van der Waals surface area contributed by atoms with Crippen molar-refractivity contribution in [1.82, 2.24) is 9.80 Å². The second-order valence-electron chi connectivity index (χ2n) is 7.67. The summed E-state index contributed by atoms with van der Waals surface area (Å²) in [6.45, 7) is 5.86. The van der Waals surface area contributed by atoms with Gasteiger partial charge in [0.1, 0.15) is 11.6 Å². The summed E-state index contributed by atoms with van der Waals surface area (Å²) in [6, 6.07) is 13.9. The lowest BCUT2D eigenvalue weighted by atomic mass is 9.95. The number of hydrogen-bond donors (Lipinski definition) is 0. The topological polar surface area (TPSA) is 15.7 Å². The zero-order chi connectivity index (χ0) is 19.8. The molecule has 2 aromatic rings. The molecule has 0 unspecified atom stereocenters. The van der Waals surface area contributed by atoms with Gasteiger partial charge in [0.15, 0.2) is 0 Å². The average molecular weight is 389 g/mol. The smallest absolute Gasteiger partial charge is 0.127 e. The third-order valence-corrected chi connectivity index (χ3v) is 5.48. The van der Waals surface area contributed by atoms with Crippen LogP contribution in [0, 0.1) is 17.6 Å². The standard InChI is InChI=1S/C23H30F2N2O/c1-28-14-13-27(17-20-5-4-7-22(24)15-20)16-19-9-11-26(12-10-19)18-21-6-2-3-8-23(21)25/h2-8,15,19H,9-14,16-18H2,1H3. The number of rotatable bonds is 9. The highest BCUT2D eigenvalue weighted by Gasteiger charge is 2.22. The molecular weight excluding hydrogens is 358 g/mol. The van der Waals surface area contributed by atoms with Gasteiger partial charge in [0.2, 0.25) is 0 Å². The van der Waals surface area contributed by atoms with Gasteiger partial charge in [0.05, 0.1) is 6.61 Å². The molecule has 1 aliphatic heterocycles. The van der Waals surface area contributed by atoms with Gasteiger partial charge < -0.3 is 4.74 Å². The normalized spacial score (nSPS) is 16.0. The molecule has 1 heterocycles. The zero-order valence-corrected chi connectivity index (χ0v) is 16.6. The molecule has 0 radical (unpaired) electrons. The van der Waals surface area contributed by atoms with Crippen molar-refractivity contribution in [2.24, 2.45) is 5.92 Å². The first-order valence-electron chi connectivity index (χ1n) is 10.1. The van der Waals surface area contributed by atoms with E-state index in [2.05, 4.69) is 9.80 Å². The Morgan fingerprint density at radius 2 is 1.86 bits per heavy atom. The van der Waals surface area contributed by atoms with Crippen molar-refractivity contribution >= 4 is 0 Å². The monoisotopic (exact) mass is 388 g/mol. The number of halogens is 2. The van der Waals surface area contributed by atoms with Gasteiger partial charge in [-0.15, -0.1) is 0 Å². The predicted molar refractivity (Wildman–Crippen MR) is 108 cm³/mol. The second kappa shape index (κ2) is 10.6. The first-order chi connectivity index (χ1) is 13.6. The van der Waals surface area contributed by atoms with Crippen LogP contribution in [0.4, 0.5) is 8.78 Å². The van der Waals surface area contributed by atoms with E-state index in [1.54, 1.807) is 25.3 Å². The van der Waals surface area contributed by atoms with E-state index in [4.69, 9.17) is 4.74 Å². The lowest BCUT2D eigenvalue weighted by molar-refractivity contribution is 0.106. The van der Waals surface area contributed by atoms with Gasteiger partial charge in [-0.2, -0.15) is 0 Å². The minimum absolute atomic E-state index is 0.120. The molecule has 1 saturated heterocycles. The van der Waals surface area contributed by atoms with E-state index in [0.29, 0.717) is 19.1 Å². The molecule has 3 nitrogen and oxygen atoms in total. The summed E-state index contributed by atoms with van der Waals surface area (Å²) in [6.07, 6.45) is 2.20. The van der Waals surface area contributed by atoms with Gasteiger partial charge in [0, 0.05) is 38.9 Å². The maximum Gasteiger partial charge on any atom is 0.127 e. The summed E-state index contributed by atoms with van der Waals surface area (Å²) in [4.78, 5) is 4.69. The quantitative estimate of drug-likeness (QED) is 0.636. The summed E-state index contributed by atoms with van der Waals surface area (Å²) in [5, 5.41) is 0. The molecule has 1 aliphatic rings. The van der Waals surface area contributed by atoms with Crippen LogP contribution >= 0.6 is 0 Å². The number of hydrogen-bond acceptors (Lipinski definition) is 3. The van der Waals surface area contributed by atoms with E-state index >= 15 is 0 Å². The number of benzene rings is 2. The molecular formula is C23H30F2N2O. The molecule has 0 bridgehead atoms. The SMILES string of the molecule is COCCN(Cc1cccc(F)c1)CC1CCN(Cc2ccccc2F)CC1. The van der Waals surface area contributed by atoms with E-state index in [-0.39, 0.29) is 11.6 Å². The minimum atomic E-state index is -0.189. The number of nitrogens with zero attached hydrogens (tertiary/aromatic N) is 2. The van der Waals surface area contributed by atoms with Crippen molar-refractivity contribution in [3.05, 3.63) is 71.3 Å². The number of ether oxygens (including phenoxy) is 1. The van der Waals surface area contributed by atoms with Crippen LogP contribution in [-0.4, -0.2) is 49.7 Å². The summed E-state index contributed by atoms with van der Waals surface area (Å²) >= 11 is 0. The molecule has 2 aromatic carbocycles. The second-order valence-corrected chi connectivity index (χ2v) is 7.67. The van der Waals surface area contributed by atoms with E-state index in [1.165, 1.54) is 12.1 Å². The Morgan fingerprint density at radius 3 is 2.57 bits per heavy atom. The van der Waals surface area contributed by atoms with Crippen LogP contribution in [0.2, 0.25) is 0 Å². The molecule has 0 saturated carbocycles. The zero-order valence-electron chi connectivity index (χ0n) is 16.6. The molecule has 0 aliphatic carbocycles. The van der Waals surface area contributed by atoms with Crippen LogP contribution in [0.25, 0.3) is 0 Å². The van der Waals surface area contributed by atoms with Crippen LogP contribution in [-0.2, 0) is 17.8 Å². The number of piperidine rings is 1. The fraction of sp³-hybridized carbons (Fsp3) is 0.478. The lowest BCUT2D eigenvalue weighted by Gasteiger charge is -2.35. The molecule has 0 amide bonds. The molecule has 0 spiro atoms. The van der Waals surface area contributed by atoms with E-state index in [0.717, 1.165) is 56.7 Å². The molecule has 3 rings (SSSR count). The Balaban J connectivity index is 1.50. The van der Waals surface area contributed by atoms with Crippen LogP contribution in [0.5, 0.6) is 0 Å². The Morgan fingerprint density at radius 1 is 1.07 bits per heavy atom. The molecule has 0 N–H and O–H groups in total. The highest BCUT2D eigenvalue weighted by atomic mass is 19.1. The predicted octanol–water partition coefficient (Wildman–Crippen LogP) is 4.33. The van der Waals surface area contributed by atoms with Crippen LogP contribution < -0.4 is 0 Å². The number of likely N-dealkylation sites (tertiary alicyclic amines) is 1. The van der Waals surface area contributed by atoms with Crippen molar-refractivity contribution in [1.29, 1.82) is 0 Å². The molecule has 0 aromatic heterocycles. The fourth-order valence-corrected chi connectivity index (χ4v) is 3.91. The van der Waals surface area contributed by atoms with E-state index < -0.39 is 0 Å². The van der Waals surface area contributed by atoms with Crippen LogP contribution in [0.1, 0.15) is 24.0 Å². The molecule has 28 heavy (non-hydrogen) atoms. The molecule has 0 atom stereocenters. The van der Waals surface area contributed by atoms with Gasteiger partial charge in [-0.05, 0) is 55.6 Å². The first kappa shape index (κ1) is 20.9. The largest absolute Gasteiger partial charge is 0.383 e. The van der Waals surface area contributed by atoms with Crippen molar-refractivity contribution in [3.63, 3.8) is 0 Å². The first-order valence-corrected chi connectivity index (χ1v) is 10.1. The van der Waals surface area contributed by atoms with Crippen molar-refractivity contribution in [3.8, 4) is 0 Å². The third kappa shape index (κ3) is 6.36. The van der Waals surface area contributed by atoms with Crippen LogP contribution in [0.3, 0.4) is 0 Å². The van der Waals surface area contributed by atoms with Crippen LogP contribution in [0.15, 0.2) is 48.5 Å². The maximum atomic E-state index is 13.9. The summed E-state index contributed by atoms with van der Waals surface area (Å²) < 4.78 is 32.6. The maximum absolute atomic E-state index is 13.9. The minimum Gasteiger partial charge on any atom is -0.383 e. The van der Waals surface area contributed by atoms with Gasteiger partial charge in [-0.25, -0.2) is 8.78 Å². The number of methoxy groups -OCH3 is 1. The van der Waals surface area contributed by atoms with Gasteiger partial charge in [-0.3, -0.25) is 9.80 Å². The third-order valence-electron chi connectivity index (χ3n) is 5.48.